The molecule has 0 aromatic heterocycles. The highest BCUT2D eigenvalue weighted by Gasteiger charge is 2.03. The zero-order valence-electron chi connectivity index (χ0n) is 10.8. The molecule has 2 aromatic carbocycles. The van der Waals surface area contributed by atoms with E-state index in [0.29, 0.717) is 0 Å². The molecule has 1 N–H and O–H groups in total. The van der Waals surface area contributed by atoms with Crippen LogP contribution in [0.3, 0.4) is 0 Å². The Morgan fingerprint density at radius 1 is 1.06 bits per heavy atom. The lowest BCUT2D eigenvalue weighted by Crippen LogP contribution is -2.04. The number of anilines is 1. The lowest BCUT2D eigenvalue weighted by atomic mass is 10.1. The van der Waals surface area contributed by atoms with Crippen LogP contribution in [0.4, 0.5) is 5.69 Å². The largest absolute Gasteiger partial charge is 0.381 e. The van der Waals surface area contributed by atoms with Crippen molar-refractivity contribution in [3.8, 4) is 0 Å². The molecular weight excluding hydrogens is 333 g/mol. The summed E-state index contributed by atoms with van der Waals surface area (Å²) in [5.74, 6) is 0. The number of rotatable bonds is 4. The minimum absolute atomic E-state index is 0.884. The molecule has 2 aromatic rings. The van der Waals surface area contributed by atoms with Crippen molar-refractivity contribution in [1.29, 1.82) is 0 Å². The predicted molar refractivity (Wildman–Crippen MR) is 87.0 cm³/mol. The van der Waals surface area contributed by atoms with Gasteiger partial charge in [-0.2, -0.15) is 0 Å². The van der Waals surface area contributed by atoms with E-state index in [0.717, 1.165) is 13.0 Å². The number of hydrogen-bond donors (Lipinski definition) is 1. The average Bonchev–Trinajstić information content (AvgIpc) is 2.39. The number of nitrogens with one attached hydrogen (secondary N) is 1. The van der Waals surface area contributed by atoms with Crippen LogP contribution >= 0.6 is 22.6 Å². The summed E-state index contributed by atoms with van der Waals surface area (Å²) in [6.07, 6.45) is 1.07. The number of para-hydroxylation sites is 1. The molecule has 0 amide bonds. The van der Waals surface area contributed by atoms with E-state index in [4.69, 9.17) is 0 Å². The Bertz CT molecular complexity index is 517. The van der Waals surface area contributed by atoms with E-state index in [2.05, 4.69) is 84.2 Å². The third-order valence-corrected chi connectivity index (χ3v) is 3.84. The number of aryl methyl sites for hydroxylation is 2. The fraction of sp³-hybridized carbons (Fsp3) is 0.250. The van der Waals surface area contributed by atoms with Crippen LogP contribution in [-0.4, -0.2) is 0 Å². The standard InChI is InChI=1S/C16H18IN/c1-3-14-6-4-5-12(2)16(14)18-11-13-7-9-15(17)10-8-13/h4-10,18H,3,11H2,1-2H3. The first kappa shape index (κ1) is 13.4. The van der Waals surface area contributed by atoms with Gasteiger partial charge in [-0.3, -0.25) is 0 Å². The highest BCUT2D eigenvalue weighted by atomic mass is 127. The van der Waals surface area contributed by atoms with Gasteiger partial charge in [-0.05, 0) is 64.8 Å². The van der Waals surface area contributed by atoms with Gasteiger partial charge in [0.2, 0.25) is 0 Å². The average molecular weight is 351 g/mol. The molecule has 0 aliphatic rings. The summed E-state index contributed by atoms with van der Waals surface area (Å²) in [5, 5.41) is 3.57. The summed E-state index contributed by atoms with van der Waals surface area (Å²) >= 11 is 2.33. The van der Waals surface area contributed by atoms with Gasteiger partial charge in [0, 0.05) is 15.8 Å². The SMILES string of the molecule is CCc1cccc(C)c1NCc1ccc(I)cc1. The first-order chi connectivity index (χ1) is 8.70. The molecule has 0 aliphatic heterocycles. The van der Waals surface area contributed by atoms with E-state index >= 15 is 0 Å². The maximum Gasteiger partial charge on any atom is 0.0404 e. The maximum absolute atomic E-state index is 3.57. The van der Waals surface area contributed by atoms with Crippen molar-refractivity contribution in [3.63, 3.8) is 0 Å². The second kappa shape index (κ2) is 6.23. The molecule has 0 radical (unpaired) electrons. The Morgan fingerprint density at radius 3 is 2.44 bits per heavy atom. The maximum atomic E-state index is 3.57. The van der Waals surface area contributed by atoms with Crippen LogP contribution < -0.4 is 5.32 Å². The lowest BCUT2D eigenvalue weighted by Gasteiger charge is -2.14. The van der Waals surface area contributed by atoms with Crippen LogP contribution in [0, 0.1) is 10.5 Å². The second-order valence-corrected chi connectivity index (χ2v) is 5.69. The minimum Gasteiger partial charge on any atom is -0.381 e. The molecule has 0 atom stereocenters. The van der Waals surface area contributed by atoms with Gasteiger partial charge in [-0.25, -0.2) is 0 Å². The van der Waals surface area contributed by atoms with Gasteiger partial charge in [0.05, 0.1) is 0 Å². The Balaban J connectivity index is 2.12. The number of hydrogen-bond acceptors (Lipinski definition) is 1. The smallest absolute Gasteiger partial charge is 0.0404 e. The molecule has 94 valence electrons. The molecule has 0 saturated heterocycles. The summed E-state index contributed by atoms with van der Waals surface area (Å²) in [5.41, 5.74) is 5.32. The van der Waals surface area contributed by atoms with E-state index in [1.54, 1.807) is 0 Å². The molecule has 0 bridgehead atoms. The lowest BCUT2D eigenvalue weighted by molar-refractivity contribution is 1.08. The molecule has 0 heterocycles. The van der Waals surface area contributed by atoms with Crippen molar-refractivity contribution in [2.24, 2.45) is 0 Å². The normalized spacial score (nSPS) is 10.4. The van der Waals surface area contributed by atoms with Gasteiger partial charge >= 0.3 is 0 Å². The van der Waals surface area contributed by atoms with Crippen LogP contribution in [0.5, 0.6) is 0 Å². The highest BCUT2D eigenvalue weighted by molar-refractivity contribution is 14.1. The Morgan fingerprint density at radius 2 is 1.78 bits per heavy atom. The van der Waals surface area contributed by atoms with E-state index in [9.17, 15) is 0 Å². The van der Waals surface area contributed by atoms with Crippen LogP contribution in [0.25, 0.3) is 0 Å². The fourth-order valence-electron chi connectivity index (χ4n) is 2.07. The van der Waals surface area contributed by atoms with Gasteiger partial charge in [-0.1, -0.05) is 37.3 Å². The zero-order chi connectivity index (χ0) is 13.0. The summed E-state index contributed by atoms with van der Waals surface area (Å²) in [6, 6.07) is 15.1. The van der Waals surface area contributed by atoms with Gasteiger partial charge in [0.1, 0.15) is 0 Å². The first-order valence-electron chi connectivity index (χ1n) is 6.27. The van der Waals surface area contributed by atoms with E-state index in [1.165, 1.54) is 25.9 Å². The summed E-state index contributed by atoms with van der Waals surface area (Å²) in [4.78, 5) is 0. The van der Waals surface area contributed by atoms with Crippen molar-refractivity contribution in [3.05, 3.63) is 62.7 Å². The number of benzene rings is 2. The predicted octanol–water partition coefficient (Wildman–Crippen LogP) is 4.77. The molecule has 0 fully saturated rings. The fourth-order valence-corrected chi connectivity index (χ4v) is 2.43. The molecule has 0 saturated carbocycles. The Labute approximate surface area is 123 Å². The molecule has 18 heavy (non-hydrogen) atoms. The Hall–Kier alpha value is -1.03. The Kier molecular flexibility index (Phi) is 4.64. The molecule has 0 spiro atoms. The third kappa shape index (κ3) is 3.25. The third-order valence-electron chi connectivity index (χ3n) is 3.12. The van der Waals surface area contributed by atoms with E-state index in [1.807, 2.05) is 0 Å². The van der Waals surface area contributed by atoms with Crippen molar-refractivity contribution in [2.45, 2.75) is 26.8 Å². The monoisotopic (exact) mass is 351 g/mol. The summed E-state index contributed by atoms with van der Waals surface area (Å²) in [6.45, 7) is 5.25. The van der Waals surface area contributed by atoms with Gasteiger partial charge in [0.25, 0.3) is 0 Å². The molecule has 2 rings (SSSR count). The van der Waals surface area contributed by atoms with Crippen LogP contribution in [0.1, 0.15) is 23.6 Å². The topological polar surface area (TPSA) is 12.0 Å². The quantitative estimate of drug-likeness (QED) is 0.782. The second-order valence-electron chi connectivity index (χ2n) is 4.44. The first-order valence-corrected chi connectivity index (χ1v) is 7.35. The van der Waals surface area contributed by atoms with Gasteiger partial charge in [0.15, 0.2) is 0 Å². The minimum atomic E-state index is 0.884. The van der Waals surface area contributed by atoms with E-state index < -0.39 is 0 Å². The summed E-state index contributed by atoms with van der Waals surface area (Å²) in [7, 11) is 0. The van der Waals surface area contributed by atoms with Crippen molar-refractivity contribution >= 4 is 28.3 Å². The zero-order valence-corrected chi connectivity index (χ0v) is 13.0. The molecule has 0 unspecified atom stereocenters. The number of halogens is 1. The van der Waals surface area contributed by atoms with Crippen LogP contribution in [0.15, 0.2) is 42.5 Å². The van der Waals surface area contributed by atoms with Gasteiger partial charge < -0.3 is 5.32 Å². The highest BCUT2D eigenvalue weighted by Crippen LogP contribution is 2.21. The van der Waals surface area contributed by atoms with Gasteiger partial charge in [-0.15, -0.1) is 0 Å². The molecular formula is C16H18IN. The van der Waals surface area contributed by atoms with Crippen LogP contribution in [0.2, 0.25) is 0 Å². The molecule has 0 aliphatic carbocycles. The summed E-state index contributed by atoms with van der Waals surface area (Å²) < 4.78 is 1.28. The van der Waals surface area contributed by atoms with Crippen molar-refractivity contribution in [1.82, 2.24) is 0 Å². The van der Waals surface area contributed by atoms with E-state index in [-0.39, 0.29) is 0 Å². The molecule has 1 nitrogen and oxygen atoms in total. The van der Waals surface area contributed by atoms with Crippen molar-refractivity contribution < 1.29 is 0 Å². The van der Waals surface area contributed by atoms with Crippen LogP contribution in [-0.2, 0) is 13.0 Å². The molecule has 2 heteroatoms. The van der Waals surface area contributed by atoms with Crippen molar-refractivity contribution in [2.75, 3.05) is 5.32 Å².